The number of aromatic nitrogens is 2. The zero-order chi connectivity index (χ0) is 10.8. The van der Waals surface area contributed by atoms with Crippen LogP contribution in [0.4, 0.5) is 5.13 Å². The molecule has 2 heterocycles. The van der Waals surface area contributed by atoms with Gasteiger partial charge in [-0.25, -0.2) is 4.98 Å². The van der Waals surface area contributed by atoms with Gasteiger partial charge in [0, 0.05) is 16.0 Å². The van der Waals surface area contributed by atoms with Gasteiger partial charge in [-0.2, -0.15) is 4.37 Å². The number of nitrogens with one attached hydrogen (secondary N) is 1. The summed E-state index contributed by atoms with van der Waals surface area (Å²) in [7, 11) is 0. The van der Waals surface area contributed by atoms with Gasteiger partial charge in [0.25, 0.3) is 5.91 Å². The molecule has 15 heavy (non-hydrogen) atoms. The Bertz CT molecular complexity index is 494. The molecule has 0 aliphatic carbocycles. The van der Waals surface area contributed by atoms with E-state index in [1.807, 2.05) is 11.4 Å². The van der Waals surface area contributed by atoms with Crippen molar-refractivity contribution < 1.29 is 4.79 Å². The zero-order valence-corrected chi connectivity index (χ0v) is 10.9. The van der Waals surface area contributed by atoms with E-state index in [1.54, 1.807) is 6.92 Å². The second-order valence-electron chi connectivity index (χ2n) is 2.70. The number of hydrogen-bond acceptors (Lipinski definition) is 5. The largest absolute Gasteiger partial charge is 0.296 e. The summed E-state index contributed by atoms with van der Waals surface area (Å²) < 4.78 is 4.78. The van der Waals surface area contributed by atoms with Crippen molar-refractivity contribution in [2.24, 2.45) is 0 Å². The molecule has 4 nitrogen and oxygen atoms in total. The second kappa shape index (κ2) is 4.38. The van der Waals surface area contributed by atoms with E-state index in [1.165, 1.54) is 22.9 Å². The average molecular weight is 304 g/mol. The SMILES string of the molecule is Cc1nsc(NC(=O)c2sccc2Br)n1. The Hall–Kier alpha value is -0.790. The fraction of sp³-hybridized carbons (Fsp3) is 0.125. The lowest BCUT2D eigenvalue weighted by molar-refractivity contribution is 0.103. The molecule has 0 aliphatic heterocycles. The molecule has 0 bridgehead atoms. The van der Waals surface area contributed by atoms with Gasteiger partial charge in [0.2, 0.25) is 5.13 Å². The van der Waals surface area contributed by atoms with Gasteiger partial charge in [-0.3, -0.25) is 10.1 Å². The van der Waals surface area contributed by atoms with Crippen LogP contribution < -0.4 is 5.32 Å². The van der Waals surface area contributed by atoms with Crippen molar-refractivity contribution >= 4 is 49.8 Å². The number of anilines is 1. The van der Waals surface area contributed by atoms with Crippen LogP contribution in [0.1, 0.15) is 15.5 Å². The van der Waals surface area contributed by atoms with Crippen LogP contribution in [-0.4, -0.2) is 15.3 Å². The van der Waals surface area contributed by atoms with Crippen molar-refractivity contribution in [1.29, 1.82) is 0 Å². The van der Waals surface area contributed by atoms with E-state index < -0.39 is 0 Å². The molecule has 0 saturated carbocycles. The highest BCUT2D eigenvalue weighted by Gasteiger charge is 2.13. The minimum absolute atomic E-state index is 0.159. The molecule has 2 aromatic heterocycles. The summed E-state index contributed by atoms with van der Waals surface area (Å²) in [5.74, 6) is 0.508. The van der Waals surface area contributed by atoms with E-state index in [4.69, 9.17) is 0 Å². The van der Waals surface area contributed by atoms with E-state index in [9.17, 15) is 4.79 Å². The van der Waals surface area contributed by atoms with Crippen molar-refractivity contribution in [3.63, 3.8) is 0 Å². The second-order valence-corrected chi connectivity index (χ2v) is 5.22. The van der Waals surface area contributed by atoms with Crippen LogP contribution in [0.5, 0.6) is 0 Å². The van der Waals surface area contributed by atoms with Crippen LogP contribution in [0.3, 0.4) is 0 Å². The van der Waals surface area contributed by atoms with Crippen molar-refractivity contribution in [2.75, 3.05) is 5.32 Å². The fourth-order valence-corrected chi connectivity index (χ4v) is 2.97. The quantitative estimate of drug-likeness (QED) is 0.928. The number of hydrogen-bond donors (Lipinski definition) is 1. The molecular weight excluding hydrogens is 298 g/mol. The Kier molecular flexibility index (Phi) is 3.13. The summed E-state index contributed by atoms with van der Waals surface area (Å²) in [4.78, 5) is 16.4. The molecule has 0 radical (unpaired) electrons. The standard InChI is InChI=1S/C8H6BrN3OS2/c1-4-10-8(15-12-4)11-7(13)6-5(9)2-3-14-6/h2-3H,1H3,(H,10,11,12,13). The molecule has 0 aliphatic rings. The zero-order valence-electron chi connectivity index (χ0n) is 7.65. The molecule has 1 amide bonds. The third-order valence-electron chi connectivity index (χ3n) is 1.57. The minimum Gasteiger partial charge on any atom is -0.296 e. The van der Waals surface area contributed by atoms with Gasteiger partial charge >= 0.3 is 0 Å². The molecule has 0 aromatic carbocycles. The van der Waals surface area contributed by atoms with Gasteiger partial charge in [0.15, 0.2) is 0 Å². The number of carbonyl (C=O) groups is 1. The van der Waals surface area contributed by atoms with Crippen LogP contribution in [0, 0.1) is 6.92 Å². The normalized spacial score (nSPS) is 10.3. The summed E-state index contributed by atoms with van der Waals surface area (Å²) in [5.41, 5.74) is 0. The van der Waals surface area contributed by atoms with Gasteiger partial charge in [-0.15, -0.1) is 11.3 Å². The maximum Gasteiger partial charge on any atom is 0.268 e. The lowest BCUT2D eigenvalue weighted by atomic mass is 10.4. The number of carbonyl (C=O) groups excluding carboxylic acids is 1. The number of halogens is 1. The smallest absolute Gasteiger partial charge is 0.268 e. The Morgan fingerprint density at radius 3 is 2.93 bits per heavy atom. The van der Waals surface area contributed by atoms with Crippen LogP contribution in [-0.2, 0) is 0 Å². The van der Waals surface area contributed by atoms with Crippen molar-refractivity contribution in [2.45, 2.75) is 6.92 Å². The number of thiophene rings is 1. The van der Waals surface area contributed by atoms with Crippen molar-refractivity contribution in [3.8, 4) is 0 Å². The molecule has 1 N–H and O–H groups in total. The fourth-order valence-electron chi connectivity index (χ4n) is 0.957. The third kappa shape index (κ3) is 2.42. The van der Waals surface area contributed by atoms with Crippen molar-refractivity contribution in [1.82, 2.24) is 9.36 Å². The molecule has 0 atom stereocenters. The van der Waals surface area contributed by atoms with E-state index in [0.717, 1.165) is 4.47 Å². The van der Waals surface area contributed by atoms with E-state index in [-0.39, 0.29) is 5.91 Å². The lowest BCUT2D eigenvalue weighted by Crippen LogP contribution is -2.10. The van der Waals surface area contributed by atoms with Crippen LogP contribution in [0.15, 0.2) is 15.9 Å². The van der Waals surface area contributed by atoms with Crippen LogP contribution in [0.25, 0.3) is 0 Å². The Balaban J connectivity index is 2.14. The maximum atomic E-state index is 11.7. The van der Waals surface area contributed by atoms with Gasteiger partial charge in [0.05, 0.1) is 0 Å². The highest BCUT2D eigenvalue weighted by Crippen LogP contribution is 2.23. The number of rotatable bonds is 2. The Morgan fingerprint density at radius 1 is 1.60 bits per heavy atom. The lowest BCUT2D eigenvalue weighted by Gasteiger charge is -1.97. The summed E-state index contributed by atoms with van der Waals surface area (Å²) >= 11 is 5.86. The molecule has 7 heteroatoms. The number of nitrogens with zero attached hydrogens (tertiary/aromatic N) is 2. The van der Waals surface area contributed by atoms with Crippen molar-refractivity contribution in [3.05, 3.63) is 26.6 Å². The molecular formula is C8H6BrN3OS2. The summed E-state index contributed by atoms with van der Waals surface area (Å²) in [5, 5.41) is 5.07. The monoisotopic (exact) mass is 303 g/mol. The highest BCUT2D eigenvalue weighted by atomic mass is 79.9. The first-order valence-electron chi connectivity index (χ1n) is 4.01. The molecule has 0 unspecified atom stereocenters. The number of aryl methyl sites for hydroxylation is 1. The van der Waals surface area contributed by atoms with Gasteiger partial charge < -0.3 is 0 Å². The predicted octanol–water partition coefficient (Wildman–Crippen LogP) is 2.92. The van der Waals surface area contributed by atoms with E-state index in [2.05, 4.69) is 30.6 Å². The molecule has 2 aromatic rings. The Labute approximate surface area is 103 Å². The first-order valence-corrected chi connectivity index (χ1v) is 6.46. The molecule has 0 fully saturated rings. The summed E-state index contributed by atoms with van der Waals surface area (Å²) in [6.45, 7) is 1.78. The van der Waals surface area contributed by atoms with Gasteiger partial charge in [-0.05, 0) is 34.3 Å². The first kappa shape index (κ1) is 10.7. The molecule has 78 valence electrons. The van der Waals surface area contributed by atoms with Gasteiger partial charge in [0.1, 0.15) is 10.7 Å². The molecule has 0 spiro atoms. The molecule has 2 rings (SSSR count). The van der Waals surface area contributed by atoms with E-state index in [0.29, 0.717) is 15.8 Å². The van der Waals surface area contributed by atoms with Crippen LogP contribution >= 0.6 is 38.8 Å². The van der Waals surface area contributed by atoms with Crippen LogP contribution in [0.2, 0.25) is 0 Å². The minimum atomic E-state index is -0.159. The van der Waals surface area contributed by atoms with E-state index >= 15 is 0 Å². The molecule has 0 saturated heterocycles. The average Bonchev–Trinajstić information content (AvgIpc) is 2.75. The van der Waals surface area contributed by atoms with Gasteiger partial charge in [-0.1, -0.05) is 0 Å². The Morgan fingerprint density at radius 2 is 2.40 bits per heavy atom. The summed E-state index contributed by atoms with van der Waals surface area (Å²) in [6, 6.07) is 1.84. The number of amides is 1. The third-order valence-corrected chi connectivity index (χ3v) is 4.13. The topological polar surface area (TPSA) is 54.9 Å². The first-order chi connectivity index (χ1) is 7.16. The highest BCUT2D eigenvalue weighted by molar-refractivity contribution is 9.10. The summed E-state index contributed by atoms with van der Waals surface area (Å²) in [6.07, 6.45) is 0. The maximum absolute atomic E-state index is 11.7. The predicted molar refractivity (Wildman–Crippen MR) is 64.6 cm³/mol.